The van der Waals surface area contributed by atoms with E-state index in [2.05, 4.69) is 12.1 Å². The van der Waals surface area contributed by atoms with Crippen molar-refractivity contribution in [1.82, 2.24) is 5.16 Å². The molecule has 192 valence electrons. The first-order valence-corrected chi connectivity index (χ1v) is 12.1. The van der Waals surface area contributed by atoms with Crippen molar-refractivity contribution in [2.45, 2.75) is 45.7 Å². The van der Waals surface area contributed by atoms with Crippen molar-refractivity contribution < 1.29 is 27.6 Å². The fraction of sp³-hybridized carbons (Fsp3) is 0.267. The number of nitrogens with zero attached hydrogens (tertiary/aromatic N) is 1. The van der Waals surface area contributed by atoms with Gasteiger partial charge in [-0.3, -0.25) is 4.79 Å². The first-order valence-electron chi connectivity index (χ1n) is 12.1. The summed E-state index contributed by atoms with van der Waals surface area (Å²) in [5.74, 6) is 0.0574. The average molecular weight is 508 g/mol. The first kappa shape index (κ1) is 26.2. The van der Waals surface area contributed by atoms with Crippen molar-refractivity contribution in [2.24, 2.45) is 5.92 Å². The molecule has 4 aromatic rings. The SMILES string of the molecule is Cc1noc(-c2ccc(-c3ccc(CC(=O)O)cc3)cc2)c1CC(C)CCc1cccc(C(F)(F)F)c1. The number of carboxylic acid groups (broad SMARTS) is 1. The van der Waals surface area contributed by atoms with Crippen LogP contribution in [0.25, 0.3) is 22.5 Å². The summed E-state index contributed by atoms with van der Waals surface area (Å²) < 4.78 is 44.7. The summed E-state index contributed by atoms with van der Waals surface area (Å²) in [7, 11) is 0. The van der Waals surface area contributed by atoms with Gasteiger partial charge in [-0.05, 0) is 60.4 Å². The molecule has 0 saturated heterocycles. The molecule has 0 saturated carbocycles. The number of aromatic nitrogens is 1. The third kappa shape index (κ3) is 6.67. The summed E-state index contributed by atoms with van der Waals surface area (Å²) >= 11 is 0. The molecule has 1 atom stereocenters. The van der Waals surface area contributed by atoms with E-state index in [4.69, 9.17) is 9.63 Å². The lowest BCUT2D eigenvalue weighted by atomic mass is 9.91. The van der Waals surface area contributed by atoms with E-state index >= 15 is 0 Å². The normalized spacial score (nSPS) is 12.5. The summed E-state index contributed by atoms with van der Waals surface area (Å²) in [5.41, 5.74) is 5.49. The van der Waals surface area contributed by atoms with Crippen LogP contribution in [0.1, 0.15) is 41.3 Å². The zero-order valence-corrected chi connectivity index (χ0v) is 20.7. The fourth-order valence-electron chi connectivity index (χ4n) is 4.43. The van der Waals surface area contributed by atoms with Gasteiger partial charge in [-0.2, -0.15) is 13.2 Å². The number of aryl methyl sites for hydroxylation is 2. The summed E-state index contributed by atoms with van der Waals surface area (Å²) in [6.45, 7) is 3.98. The van der Waals surface area contributed by atoms with Crippen LogP contribution in [0.4, 0.5) is 13.2 Å². The maximum absolute atomic E-state index is 13.0. The molecule has 0 aliphatic heterocycles. The van der Waals surface area contributed by atoms with Gasteiger partial charge in [0.15, 0.2) is 5.76 Å². The highest BCUT2D eigenvalue weighted by atomic mass is 19.4. The monoisotopic (exact) mass is 507 g/mol. The fourth-order valence-corrected chi connectivity index (χ4v) is 4.43. The lowest BCUT2D eigenvalue weighted by molar-refractivity contribution is -0.138. The predicted octanol–water partition coefficient (Wildman–Crippen LogP) is 7.77. The smallest absolute Gasteiger partial charge is 0.416 e. The number of rotatable bonds is 9. The highest BCUT2D eigenvalue weighted by Gasteiger charge is 2.30. The molecule has 0 radical (unpaired) electrons. The second-order valence-electron chi connectivity index (χ2n) is 9.47. The zero-order valence-electron chi connectivity index (χ0n) is 20.7. The molecular weight excluding hydrogens is 479 g/mol. The molecular formula is C30H28F3NO3. The lowest BCUT2D eigenvalue weighted by Crippen LogP contribution is -2.06. The number of carboxylic acids is 1. The van der Waals surface area contributed by atoms with Gasteiger partial charge in [-0.1, -0.05) is 78.8 Å². The van der Waals surface area contributed by atoms with E-state index in [9.17, 15) is 18.0 Å². The van der Waals surface area contributed by atoms with E-state index in [0.717, 1.165) is 46.0 Å². The Morgan fingerprint density at radius 3 is 2.19 bits per heavy atom. The van der Waals surface area contributed by atoms with Gasteiger partial charge in [0.1, 0.15) is 0 Å². The standard InChI is InChI=1S/C30H28F3NO3/c1-19(6-7-21-4-3-5-26(17-21)30(31,32)33)16-27-20(2)34-37-29(27)25-14-12-24(13-15-25)23-10-8-22(9-11-23)18-28(35)36/h3-5,8-15,17,19H,6-7,16,18H2,1-2H3,(H,35,36). The number of aliphatic carboxylic acids is 1. The van der Waals surface area contributed by atoms with Gasteiger partial charge in [0, 0.05) is 11.1 Å². The van der Waals surface area contributed by atoms with Crippen LogP contribution in [-0.4, -0.2) is 16.2 Å². The molecule has 0 spiro atoms. The van der Waals surface area contributed by atoms with Crippen LogP contribution in [-0.2, 0) is 30.2 Å². The number of hydrogen-bond acceptors (Lipinski definition) is 3. The van der Waals surface area contributed by atoms with E-state index in [1.54, 1.807) is 6.07 Å². The Morgan fingerprint density at radius 2 is 1.57 bits per heavy atom. The molecule has 0 bridgehead atoms. The topological polar surface area (TPSA) is 63.3 Å². The van der Waals surface area contributed by atoms with Crippen LogP contribution < -0.4 is 0 Å². The van der Waals surface area contributed by atoms with Crippen molar-refractivity contribution in [3.63, 3.8) is 0 Å². The minimum atomic E-state index is -4.34. The Labute approximate surface area is 213 Å². The van der Waals surface area contributed by atoms with Crippen LogP contribution in [0.3, 0.4) is 0 Å². The Kier molecular flexibility index (Phi) is 7.81. The van der Waals surface area contributed by atoms with Crippen LogP contribution >= 0.6 is 0 Å². The number of hydrogen-bond donors (Lipinski definition) is 1. The second-order valence-corrected chi connectivity index (χ2v) is 9.47. The molecule has 0 aliphatic carbocycles. The summed E-state index contributed by atoms with van der Waals surface area (Å²) in [4.78, 5) is 10.9. The highest BCUT2D eigenvalue weighted by Crippen LogP contribution is 2.32. The molecule has 1 unspecified atom stereocenters. The van der Waals surface area contributed by atoms with Gasteiger partial charge < -0.3 is 9.63 Å². The molecule has 3 aromatic carbocycles. The highest BCUT2D eigenvalue weighted by molar-refractivity contribution is 5.72. The molecule has 4 nitrogen and oxygen atoms in total. The molecule has 37 heavy (non-hydrogen) atoms. The molecule has 0 aliphatic rings. The molecule has 7 heteroatoms. The van der Waals surface area contributed by atoms with E-state index in [-0.39, 0.29) is 12.3 Å². The van der Waals surface area contributed by atoms with Crippen molar-refractivity contribution in [3.8, 4) is 22.5 Å². The van der Waals surface area contributed by atoms with Crippen molar-refractivity contribution in [3.05, 3.63) is 101 Å². The minimum absolute atomic E-state index is 0.00872. The van der Waals surface area contributed by atoms with Gasteiger partial charge in [0.2, 0.25) is 0 Å². The number of benzene rings is 3. The van der Waals surface area contributed by atoms with Crippen molar-refractivity contribution in [2.75, 3.05) is 0 Å². The number of alkyl halides is 3. The van der Waals surface area contributed by atoms with Gasteiger partial charge in [0.25, 0.3) is 0 Å². The van der Waals surface area contributed by atoms with Gasteiger partial charge in [-0.25, -0.2) is 0 Å². The third-order valence-corrected chi connectivity index (χ3v) is 6.51. The average Bonchev–Trinajstić information content (AvgIpc) is 3.22. The largest absolute Gasteiger partial charge is 0.481 e. The van der Waals surface area contributed by atoms with Crippen molar-refractivity contribution >= 4 is 5.97 Å². The molecule has 1 aromatic heterocycles. The quantitative estimate of drug-likeness (QED) is 0.251. The Hall–Kier alpha value is -3.87. The molecule has 1 N–H and O–H groups in total. The van der Waals surface area contributed by atoms with Gasteiger partial charge in [-0.15, -0.1) is 0 Å². The molecule has 0 amide bonds. The number of halogens is 3. The Balaban J connectivity index is 1.43. The van der Waals surface area contributed by atoms with Crippen LogP contribution in [0, 0.1) is 12.8 Å². The first-order chi connectivity index (χ1) is 17.6. The van der Waals surface area contributed by atoms with Crippen LogP contribution in [0.2, 0.25) is 0 Å². The Bertz CT molecular complexity index is 1360. The van der Waals surface area contributed by atoms with Gasteiger partial charge in [0.05, 0.1) is 17.7 Å². The maximum Gasteiger partial charge on any atom is 0.416 e. The summed E-state index contributed by atoms with van der Waals surface area (Å²) in [6, 6.07) is 20.9. The lowest BCUT2D eigenvalue weighted by Gasteiger charge is -2.13. The number of carbonyl (C=O) groups is 1. The van der Waals surface area contributed by atoms with Gasteiger partial charge >= 0.3 is 12.1 Å². The third-order valence-electron chi connectivity index (χ3n) is 6.51. The zero-order chi connectivity index (χ0) is 26.6. The second kappa shape index (κ2) is 11.0. The molecule has 4 rings (SSSR count). The van der Waals surface area contributed by atoms with E-state index in [1.807, 2.05) is 55.5 Å². The summed E-state index contributed by atoms with van der Waals surface area (Å²) in [5, 5.41) is 13.1. The van der Waals surface area contributed by atoms with Crippen LogP contribution in [0.5, 0.6) is 0 Å². The molecule has 0 fully saturated rings. The van der Waals surface area contributed by atoms with E-state index < -0.39 is 17.7 Å². The predicted molar refractivity (Wildman–Crippen MR) is 136 cm³/mol. The maximum atomic E-state index is 13.0. The Morgan fingerprint density at radius 1 is 0.946 bits per heavy atom. The van der Waals surface area contributed by atoms with E-state index in [1.165, 1.54) is 12.1 Å². The molecule has 1 heterocycles. The summed E-state index contributed by atoms with van der Waals surface area (Å²) in [6.07, 6.45) is -2.34. The van der Waals surface area contributed by atoms with Crippen LogP contribution in [0.15, 0.2) is 77.3 Å². The van der Waals surface area contributed by atoms with Crippen molar-refractivity contribution in [1.29, 1.82) is 0 Å². The minimum Gasteiger partial charge on any atom is -0.481 e. The van der Waals surface area contributed by atoms with E-state index in [0.29, 0.717) is 24.2 Å².